The SMILES string of the molecule is CC1(C)CC(NCc2ccc(Cl)c(Br)c2)CC(C)(C)N1. The smallest absolute Gasteiger partial charge is 0.0548 e. The maximum absolute atomic E-state index is 6.03. The predicted molar refractivity (Wildman–Crippen MR) is 90.3 cm³/mol. The van der Waals surface area contributed by atoms with Crippen LogP contribution < -0.4 is 10.6 Å². The van der Waals surface area contributed by atoms with Crippen molar-refractivity contribution in [3.05, 3.63) is 33.3 Å². The Hall–Kier alpha value is -0.0900. The lowest BCUT2D eigenvalue weighted by atomic mass is 9.79. The minimum absolute atomic E-state index is 0.181. The Balaban J connectivity index is 1.98. The maximum atomic E-state index is 6.03. The summed E-state index contributed by atoms with van der Waals surface area (Å²) in [5, 5.41) is 8.17. The van der Waals surface area contributed by atoms with E-state index in [0.717, 1.165) is 28.9 Å². The zero-order valence-corrected chi connectivity index (χ0v) is 15.0. The van der Waals surface area contributed by atoms with E-state index in [2.05, 4.69) is 66.4 Å². The molecule has 0 aromatic heterocycles. The lowest BCUT2D eigenvalue weighted by molar-refractivity contribution is 0.145. The van der Waals surface area contributed by atoms with Crippen LogP contribution in [0.4, 0.5) is 0 Å². The highest BCUT2D eigenvalue weighted by molar-refractivity contribution is 9.10. The van der Waals surface area contributed by atoms with Crippen molar-refractivity contribution in [1.82, 2.24) is 10.6 Å². The lowest BCUT2D eigenvalue weighted by Crippen LogP contribution is -2.61. The summed E-state index contributed by atoms with van der Waals surface area (Å²) in [6.45, 7) is 10.00. The molecule has 2 nitrogen and oxygen atoms in total. The normalized spacial score (nSPS) is 21.9. The van der Waals surface area contributed by atoms with Gasteiger partial charge in [-0.1, -0.05) is 17.7 Å². The summed E-state index contributed by atoms with van der Waals surface area (Å²) in [5.41, 5.74) is 1.62. The second-order valence-corrected chi connectivity index (χ2v) is 8.39. The van der Waals surface area contributed by atoms with Gasteiger partial charge in [-0.3, -0.25) is 0 Å². The molecule has 1 aliphatic rings. The van der Waals surface area contributed by atoms with Crippen LogP contribution in [0.1, 0.15) is 46.1 Å². The van der Waals surface area contributed by atoms with Crippen molar-refractivity contribution in [2.24, 2.45) is 0 Å². The summed E-state index contributed by atoms with van der Waals surface area (Å²) < 4.78 is 0.962. The van der Waals surface area contributed by atoms with E-state index in [1.54, 1.807) is 0 Å². The van der Waals surface area contributed by atoms with Crippen LogP contribution in [-0.2, 0) is 6.54 Å². The lowest BCUT2D eigenvalue weighted by Gasteiger charge is -2.46. The Morgan fingerprint density at radius 2 is 1.85 bits per heavy atom. The van der Waals surface area contributed by atoms with Crippen LogP contribution in [0.2, 0.25) is 5.02 Å². The van der Waals surface area contributed by atoms with Crippen molar-refractivity contribution < 1.29 is 0 Å². The molecule has 0 atom stereocenters. The second kappa shape index (κ2) is 5.96. The first-order valence-electron chi connectivity index (χ1n) is 7.14. The minimum atomic E-state index is 0.181. The molecule has 0 radical (unpaired) electrons. The van der Waals surface area contributed by atoms with Crippen LogP contribution in [0.3, 0.4) is 0 Å². The molecule has 1 aromatic carbocycles. The molecule has 1 aliphatic heterocycles. The Kier molecular flexibility index (Phi) is 4.85. The van der Waals surface area contributed by atoms with E-state index >= 15 is 0 Å². The van der Waals surface area contributed by atoms with E-state index in [1.807, 2.05) is 6.07 Å². The van der Waals surface area contributed by atoms with Crippen LogP contribution in [0.25, 0.3) is 0 Å². The first-order valence-corrected chi connectivity index (χ1v) is 8.31. The number of hydrogen-bond acceptors (Lipinski definition) is 2. The molecule has 0 unspecified atom stereocenters. The van der Waals surface area contributed by atoms with Crippen LogP contribution in [0, 0.1) is 0 Å². The highest BCUT2D eigenvalue weighted by Gasteiger charge is 2.37. The highest BCUT2D eigenvalue weighted by atomic mass is 79.9. The van der Waals surface area contributed by atoms with E-state index in [4.69, 9.17) is 11.6 Å². The van der Waals surface area contributed by atoms with Crippen molar-refractivity contribution in [1.29, 1.82) is 0 Å². The van der Waals surface area contributed by atoms with Gasteiger partial charge in [0.05, 0.1) is 5.02 Å². The van der Waals surface area contributed by atoms with E-state index in [-0.39, 0.29) is 11.1 Å². The highest BCUT2D eigenvalue weighted by Crippen LogP contribution is 2.29. The fourth-order valence-corrected chi connectivity index (χ4v) is 3.92. The average Bonchev–Trinajstić information content (AvgIpc) is 2.27. The van der Waals surface area contributed by atoms with Gasteiger partial charge in [0.25, 0.3) is 0 Å². The molecule has 0 spiro atoms. The van der Waals surface area contributed by atoms with Gasteiger partial charge in [0.2, 0.25) is 0 Å². The standard InChI is InChI=1S/C16H24BrClN2/c1-15(2)8-12(9-16(3,4)20-15)19-10-11-5-6-14(18)13(17)7-11/h5-7,12,19-20H,8-10H2,1-4H3. The molecule has 0 bridgehead atoms. The summed E-state index contributed by atoms with van der Waals surface area (Å²) in [4.78, 5) is 0. The van der Waals surface area contributed by atoms with Crippen molar-refractivity contribution in [3.63, 3.8) is 0 Å². The molecule has 1 saturated heterocycles. The Morgan fingerprint density at radius 1 is 1.25 bits per heavy atom. The topological polar surface area (TPSA) is 24.1 Å². The van der Waals surface area contributed by atoms with Gasteiger partial charge >= 0.3 is 0 Å². The van der Waals surface area contributed by atoms with Gasteiger partial charge in [0.15, 0.2) is 0 Å². The third kappa shape index (κ3) is 4.45. The third-order valence-electron chi connectivity index (χ3n) is 3.77. The summed E-state index contributed by atoms with van der Waals surface area (Å²) in [7, 11) is 0. The van der Waals surface area contributed by atoms with Gasteiger partial charge in [0, 0.05) is 28.1 Å². The Morgan fingerprint density at radius 3 is 2.40 bits per heavy atom. The van der Waals surface area contributed by atoms with Crippen molar-refractivity contribution in [3.8, 4) is 0 Å². The van der Waals surface area contributed by atoms with Crippen LogP contribution >= 0.6 is 27.5 Å². The number of piperidine rings is 1. The minimum Gasteiger partial charge on any atom is -0.310 e. The van der Waals surface area contributed by atoms with Crippen LogP contribution in [0.5, 0.6) is 0 Å². The van der Waals surface area contributed by atoms with Crippen molar-refractivity contribution >= 4 is 27.5 Å². The molecule has 0 aliphatic carbocycles. The largest absolute Gasteiger partial charge is 0.310 e. The summed E-state index contributed by atoms with van der Waals surface area (Å²) in [6, 6.07) is 6.65. The fraction of sp³-hybridized carbons (Fsp3) is 0.625. The summed E-state index contributed by atoms with van der Waals surface area (Å²) >= 11 is 9.51. The molecule has 0 saturated carbocycles. The predicted octanol–water partition coefficient (Wildman–Crippen LogP) is 4.50. The molecule has 0 amide bonds. The molecular weight excluding hydrogens is 336 g/mol. The third-order valence-corrected chi connectivity index (χ3v) is 4.98. The molecular formula is C16H24BrClN2. The Labute approximate surface area is 135 Å². The second-order valence-electron chi connectivity index (χ2n) is 7.13. The average molecular weight is 360 g/mol. The first kappa shape index (κ1) is 16.3. The van der Waals surface area contributed by atoms with E-state index in [1.165, 1.54) is 5.56 Å². The number of hydrogen-bond donors (Lipinski definition) is 2. The molecule has 1 fully saturated rings. The molecule has 20 heavy (non-hydrogen) atoms. The van der Waals surface area contributed by atoms with Gasteiger partial charge in [-0.2, -0.15) is 0 Å². The van der Waals surface area contributed by atoms with Crippen LogP contribution in [0.15, 0.2) is 22.7 Å². The van der Waals surface area contributed by atoms with Crippen molar-refractivity contribution in [2.45, 2.75) is 64.2 Å². The van der Waals surface area contributed by atoms with Gasteiger partial charge in [-0.05, 0) is 74.2 Å². The monoisotopic (exact) mass is 358 g/mol. The fourth-order valence-electron chi connectivity index (χ4n) is 3.38. The summed E-state index contributed by atoms with van der Waals surface area (Å²) in [5.74, 6) is 0. The molecule has 1 heterocycles. The Bertz CT molecular complexity index is 469. The zero-order valence-electron chi connectivity index (χ0n) is 12.7. The molecule has 112 valence electrons. The molecule has 4 heteroatoms. The van der Waals surface area contributed by atoms with Crippen molar-refractivity contribution in [2.75, 3.05) is 0 Å². The first-order chi connectivity index (χ1) is 9.17. The quantitative estimate of drug-likeness (QED) is 0.830. The van der Waals surface area contributed by atoms with E-state index in [9.17, 15) is 0 Å². The summed E-state index contributed by atoms with van der Waals surface area (Å²) in [6.07, 6.45) is 2.29. The molecule has 1 aromatic rings. The molecule has 2 rings (SSSR count). The van der Waals surface area contributed by atoms with Gasteiger partial charge in [-0.15, -0.1) is 0 Å². The number of halogens is 2. The van der Waals surface area contributed by atoms with Gasteiger partial charge in [-0.25, -0.2) is 0 Å². The number of nitrogens with one attached hydrogen (secondary N) is 2. The van der Waals surface area contributed by atoms with E-state index < -0.39 is 0 Å². The maximum Gasteiger partial charge on any atom is 0.0548 e. The number of rotatable bonds is 3. The van der Waals surface area contributed by atoms with Crippen LogP contribution in [-0.4, -0.2) is 17.1 Å². The number of benzene rings is 1. The van der Waals surface area contributed by atoms with Gasteiger partial charge < -0.3 is 10.6 Å². The van der Waals surface area contributed by atoms with E-state index in [0.29, 0.717) is 6.04 Å². The van der Waals surface area contributed by atoms with Gasteiger partial charge in [0.1, 0.15) is 0 Å². The zero-order chi connectivity index (χ0) is 15.0. The molecule has 2 N–H and O–H groups in total.